The van der Waals surface area contributed by atoms with Crippen LogP contribution in [0.25, 0.3) is 10.9 Å². The lowest BCUT2D eigenvalue weighted by molar-refractivity contribution is -0.129. The number of aromatic amines is 1. The van der Waals surface area contributed by atoms with Gasteiger partial charge in [0.1, 0.15) is 0 Å². The van der Waals surface area contributed by atoms with E-state index < -0.39 is 0 Å². The average Bonchev–Trinajstić information content (AvgIpc) is 2.95. The number of aromatic nitrogens is 1. The summed E-state index contributed by atoms with van der Waals surface area (Å²) in [6, 6.07) is 8.04. The summed E-state index contributed by atoms with van der Waals surface area (Å²) in [6.07, 6.45) is 0.745. The summed E-state index contributed by atoms with van der Waals surface area (Å²) in [6.45, 7) is 3.14. The molecule has 4 heteroatoms. The van der Waals surface area contributed by atoms with E-state index in [-0.39, 0.29) is 12.0 Å². The zero-order valence-electron chi connectivity index (χ0n) is 11.0. The molecule has 1 amide bonds. The van der Waals surface area contributed by atoms with E-state index in [1.54, 1.807) is 4.90 Å². The van der Waals surface area contributed by atoms with Crippen LogP contribution in [-0.4, -0.2) is 40.1 Å². The first-order valence-corrected chi connectivity index (χ1v) is 6.67. The summed E-state index contributed by atoms with van der Waals surface area (Å²) >= 11 is 0. The second-order valence-corrected chi connectivity index (χ2v) is 5.23. The topological polar surface area (TPSA) is 56.3 Å². The van der Waals surface area contributed by atoms with Crippen molar-refractivity contribution in [2.24, 2.45) is 0 Å². The summed E-state index contributed by atoms with van der Waals surface area (Å²) in [5.74, 6) is 0.101. The predicted molar refractivity (Wildman–Crippen MR) is 73.9 cm³/mol. The van der Waals surface area contributed by atoms with Crippen molar-refractivity contribution in [3.8, 4) is 0 Å². The van der Waals surface area contributed by atoms with Crippen molar-refractivity contribution in [1.82, 2.24) is 9.88 Å². The number of likely N-dealkylation sites (tertiary alicyclic amines) is 1. The van der Waals surface area contributed by atoms with Gasteiger partial charge in [-0.1, -0.05) is 18.2 Å². The van der Waals surface area contributed by atoms with Crippen LogP contribution in [0.3, 0.4) is 0 Å². The largest absolute Gasteiger partial charge is 0.391 e. The number of nitrogens with one attached hydrogen (secondary N) is 1. The van der Waals surface area contributed by atoms with Gasteiger partial charge in [-0.15, -0.1) is 0 Å². The van der Waals surface area contributed by atoms with Gasteiger partial charge in [0, 0.05) is 29.7 Å². The first-order valence-electron chi connectivity index (χ1n) is 6.67. The zero-order chi connectivity index (χ0) is 13.4. The average molecular weight is 258 g/mol. The SMILES string of the molecule is Cc1[nH]c2ccccc2c1CC(=O)N1CC[C@@H](O)C1. The second kappa shape index (κ2) is 4.70. The molecule has 2 N–H and O–H groups in total. The summed E-state index contributed by atoms with van der Waals surface area (Å²) in [4.78, 5) is 17.3. The molecule has 3 rings (SSSR count). The Morgan fingerprint density at radius 2 is 2.26 bits per heavy atom. The molecule has 2 heterocycles. The van der Waals surface area contributed by atoms with E-state index in [9.17, 15) is 9.90 Å². The molecule has 0 radical (unpaired) electrons. The number of aliphatic hydroxyl groups is 1. The Balaban J connectivity index is 1.85. The lowest BCUT2D eigenvalue weighted by atomic mass is 10.1. The van der Waals surface area contributed by atoms with Crippen LogP contribution in [0, 0.1) is 6.92 Å². The van der Waals surface area contributed by atoms with Gasteiger partial charge in [0.25, 0.3) is 0 Å². The third-order valence-electron chi connectivity index (χ3n) is 3.87. The summed E-state index contributed by atoms with van der Waals surface area (Å²) in [7, 11) is 0. The number of β-amino-alcohol motifs (C(OH)–C–C–N with tert-alkyl or cyclic N) is 1. The molecule has 1 aliphatic heterocycles. The molecule has 0 unspecified atom stereocenters. The number of nitrogens with zero attached hydrogens (tertiary/aromatic N) is 1. The number of aryl methyl sites for hydroxylation is 1. The van der Waals surface area contributed by atoms with Crippen LogP contribution >= 0.6 is 0 Å². The van der Waals surface area contributed by atoms with E-state index in [4.69, 9.17) is 0 Å². The highest BCUT2D eigenvalue weighted by Gasteiger charge is 2.25. The highest BCUT2D eigenvalue weighted by molar-refractivity contribution is 5.90. The number of aliphatic hydroxyl groups excluding tert-OH is 1. The number of hydrogen-bond acceptors (Lipinski definition) is 2. The lowest BCUT2D eigenvalue weighted by Gasteiger charge is -2.15. The van der Waals surface area contributed by atoms with E-state index in [0.29, 0.717) is 25.9 Å². The van der Waals surface area contributed by atoms with Gasteiger partial charge < -0.3 is 15.0 Å². The van der Waals surface area contributed by atoms with Crippen molar-refractivity contribution < 1.29 is 9.90 Å². The van der Waals surface area contributed by atoms with Crippen molar-refractivity contribution in [3.05, 3.63) is 35.5 Å². The number of carbonyl (C=O) groups is 1. The zero-order valence-corrected chi connectivity index (χ0v) is 11.0. The van der Waals surface area contributed by atoms with E-state index in [2.05, 4.69) is 4.98 Å². The quantitative estimate of drug-likeness (QED) is 0.860. The predicted octanol–water partition coefficient (Wildman–Crippen LogP) is 1.61. The minimum atomic E-state index is -0.354. The molecule has 0 aliphatic carbocycles. The Hall–Kier alpha value is -1.81. The smallest absolute Gasteiger partial charge is 0.227 e. The van der Waals surface area contributed by atoms with Crippen LogP contribution in [-0.2, 0) is 11.2 Å². The number of para-hydroxylation sites is 1. The number of rotatable bonds is 2. The fraction of sp³-hybridized carbons (Fsp3) is 0.400. The molecule has 2 aromatic rings. The molecule has 0 bridgehead atoms. The molecule has 1 aliphatic rings. The number of H-pyrrole nitrogens is 1. The van der Waals surface area contributed by atoms with E-state index in [0.717, 1.165) is 22.2 Å². The number of benzene rings is 1. The minimum absolute atomic E-state index is 0.101. The van der Waals surface area contributed by atoms with Gasteiger partial charge in [0.2, 0.25) is 5.91 Å². The number of hydrogen-bond donors (Lipinski definition) is 2. The monoisotopic (exact) mass is 258 g/mol. The molecule has 4 nitrogen and oxygen atoms in total. The van der Waals surface area contributed by atoms with Crippen LogP contribution in [0.4, 0.5) is 0 Å². The molecule has 1 fully saturated rings. The Morgan fingerprint density at radius 1 is 1.47 bits per heavy atom. The van der Waals surface area contributed by atoms with Crippen LogP contribution in [0.1, 0.15) is 17.7 Å². The Morgan fingerprint density at radius 3 is 3.00 bits per heavy atom. The van der Waals surface area contributed by atoms with Crippen molar-refractivity contribution in [2.45, 2.75) is 25.9 Å². The van der Waals surface area contributed by atoms with Gasteiger partial charge in [-0.05, 0) is 25.0 Å². The van der Waals surface area contributed by atoms with Crippen molar-refractivity contribution >= 4 is 16.8 Å². The van der Waals surface area contributed by atoms with Crippen LogP contribution < -0.4 is 0 Å². The molecule has 100 valence electrons. The van der Waals surface area contributed by atoms with Gasteiger partial charge in [0.15, 0.2) is 0 Å². The Bertz CT molecular complexity index is 618. The van der Waals surface area contributed by atoms with Gasteiger partial charge in [-0.25, -0.2) is 0 Å². The molecule has 1 atom stereocenters. The summed E-state index contributed by atoms with van der Waals surface area (Å²) in [5.41, 5.74) is 3.19. The molecule has 0 spiro atoms. The number of carbonyl (C=O) groups excluding carboxylic acids is 1. The van der Waals surface area contributed by atoms with Gasteiger partial charge in [-0.2, -0.15) is 0 Å². The van der Waals surface area contributed by atoms with Gasteiger partial charge in [0.05, 0.1) is 12.5 Å². The van der Waals surface area contributed by atoms with Crippen molar-refractivity contribution in [1.29, 1.82) is 0 Å². The van der Waals surface area contributed by atoms with Crippen LogP contribution in [0.15, 0.2) is 24.3 Å². The van der Waals surface area contributed by atoms with Gasteiger partial charge >= 0.3 is 0 Å². The molecule has 1 aromatic heterocycles. The highest BCUT2D eigenvalue weighted by Crippen LogP contribution is 2.23. The fourth-order valence-corrected chi connectivity index (χ4v) is 2.79. The number of amides is 1. The molecular weight excluding hydrogens is 240 g/mol. The molecule has 19 heavy (non-hydrogen) atoms. The standard InChI is InChI=1S/C15H18N2O2/c1-10-13(12-4-2-3-5-14(12)16-10)8-15(19)17-7-6-11(18)9-17/h2-5,11,16,18H,6-9H2,1H3/t11-/m1/s1. The third kappa shape index (κ3) is 2.24. The first-order chi connectivity index (χ1) is 9.15. The van der Waals surface area contributed by atoms with Crippen LogP contribution in [0.5, 0.6) is 0 Å². The maximum absolute atomic E-state index is 12.3. The Kier molecular flexibility index (Phi) is 3.03. The van der Waals surface area contributed by atoms with Crippen molar-refractivity contribution in [3.63, 3.8) is 0 Å². The normalized spacial score (nSPS) is 19.3. The van der Waals surface area contributed by atoms with E-state index in [1.807, 2.05) is 31.2 Å². The highest BCUT2D eigenvalue weighted by atomic mass is 16.3. The second-order valence-electron chi connectivity index (χ2n) is 5.23. The maximum Gasteiger partial charge on any atom is 0.227 e. The fourth-order valence-electron chi connectivity index (χ4n) is 2.79. The molecular formula is C15H18N2O2. The Labute approximate surface area is 112 Å². The van der Waals surface area contributed by atoms with E-state index >= 15 is 0 Å². The molecule has 1 aromatic carbocycles. The number of fused-ring (bicyclic) bond motifs is 1. The maximum atomic E-state index is 12.3. The molecule has 0 saturated carbocycles. The minimum Gasteiger partial charge on any atom is -0.391 e. The first kappa shape index (κ1) is 12.2. The third-order valence-corrected chi connectivity index (χ3v) is 3.87. The van der Waals surface area contributed by atoms with Gasteiger partial charge in [-0.3, -0.25) is 4.79 Å². The summed E-state index contributed by atoms with van der Waals surface area (Å²) in [5, 5.41) is 10.6. The molecule has 1 saturated heterocycles. The van der Waals surface area contributed by atoms with E-state index in [1.165, 1.54) is 0 Å². The summed E-state index contributed by atoms with van der Waals surface area (Å²) < 4.78 is 0. The van der Waals surface area contributed by atoms with Crippen LogP contribution in [0.2, 0.25) is 0 Å². The van der Waals surface area contributed by atoms with Crippen molar-refractivity contribution in [2.75, 3.05) is 13.1 Å². The lowest BCUT2D eigenvalue weighted by Crippen LogP contribution is -2.30.